The molecule has 0 aromatic heterocycles. The molecule has 0 spiro atoms. The maximum atomic E-state index is 11.0. The van der Waals surface area contributed by atoms with Crippen LogP contribution in [0.5, 0.6) is 0 Å². The van der Waals surface area contributed by atoms with Gasteiger partial charge in [0.2, 0.25) is 0 Å². The minimum atomic E-state index is -2.03. The average Bonchev–Trinajstić information content (AvgIpc) is 3.02. The van der Waals surface area contributed by atoms with Gasteiger partial charge in [-0.1, -0.05) is 0 Å². The average molecular weight is 667 g/mol. The van der Waals surface area contributed by atoms with E-state index in [2.05, 4.69) is 0 Å². The van der Waals surface area contributed by atoms with Crippen molar-refractivity contribution in [1.29, 1.82) is 0 Å². The molecule has 4 aliphatic heterocycles. The summed E-state index contributed by atoms with van der Waals surface area (Å²) in [7, 11) is 0. The van der Waals surface area contributed by atoms with E-state index in [1.54, 1.807) is 0 Å². The van der Waals surface area contributed by atoms with Crippen LogP contribution in [-0.4, -0.2) is 221 Å². The van der Waals surface area contributed by atoms with Crippen LogP contribution in [0.25, 0.3) is 0 Å². The van der Waals surface area contributed by atoms with Crippen molar-refractivity contribution >= 4 is 0 Å². The van der Waals surface area contributed by atoms with Gasteiger partial charge in [-0.2, -0.15) is 0 Å². The summed E-state index contributed by atoms with van der Waals surface area (Å²) in [4.78, 5) is 0. The summed E-state index contributed by atoms with van der Waals surface area (Å²) in [5.74, 6) is 0. The van der Waals surface area contributed by atoms with Crippen molar-refractivity contribution in [1.82, 2.24) is 0 Å². The number of ether oxygens (including phenoxy) is 7. The Morgan fingerprint density at radius 3 is 1.33 bits per heavy atom. The van der Waals surface area contributed by atoms with Crippen LogP contribution in [0.15, 0.2) is 0 Å². The smallest absolute Gasteiger partial charge is 0.187 e. The number of hydrogen-bond donors (Lipinski definition) is 14. The molecule has 4 rings (SSSR count). The predicted octanol–water partition coefficient (Wildman–Crippen LogP) is -9.75. The third-order valence-corrected chi connectivity index (χ3v) is 8.19. The number of aliphatic hydroxyl groups excluding tert-OH is 14. The maximum absolute atomic E-state index is 11.0. The van der Waals surface area contributed by atoms with Crippen molar-refractivity contribution < 1.29 is 105 Å². The summed E-state index contributed by atoms with van der Waals surface area (Å²) in [6.45, 7) is -3.14. The summed E-state index contributed by atoms with van der Waals surface area (Å²) in [5, 5.41) is 142. The molecule has 4 fully saturated rings. The van der Waals surface area contributed by atoms with E-state index in [0.717, 1.165) is 0 Å². The first-order valence-electron chi connectivity index (χ1n) is 14.1. The van der Waals surface area contributed by atoms with Crippen molar-refractivity contribution in [2.75, 3.05) is 26.4 Å². The number of aliphatic hydroxyl groups is 14. The summed E-state index contributed by atoms with van der Waals surface area (Å²) in [6, 6.07) is 0. The molecule has 0 aromatic carbocycles. The number of rotatable bonds is 10. The maximum Gasteiger partial charge on any atom is 0.187 e. The predicted molar refractivity (Wildman–Crippen MR) is 134 cm³/mol. The topological polar surface area (TPSA) is 348 Å². The Labute approximate surface area is 254 Å². The first-order chi connectivity index (χ1) is 21.2. The zero-order valence-corrected chi connectivity index (χ0v) is 23.5. The van der Waals surface area contributed by atoms with Gasteiger partial charge in [0.05, 0.1) is 26.4 Å². The highest BCUT2D eigenvalue weighted by atomic mass is 16.8. The van der Waals surface area contributed by atoms with Crippen LogP contribution in [0.2, 0.25) is 0 Å². The van der Waals surface area contributed by atoms with Crippen LogP contribution in [0.1, 0.15) is 0 Å². The minimum Gasteiger partial charge on any atom is -0.394 e. The monoisotopic (exact) mass is 666 g/mol. The van der Waals surface area contributed by atoms with Gasteiger partial charge in [-0.25, -0.2) is 0 Å². The summed E-state index contributed by atoms with van der Waals surface area (Å²) in [6.07, 6.45) is -35.5. The first-order valence-corrected chi connectivity index (χ1v) is 14.1. The van der Waals surface area contributed by atoms with E-state index >= 15 is 0 Å². The molecular weight excluding hydrogens is 624 g/mol. The molecule has 45 heavy (non-hydrogen) atoms. The highest BCUT2D eigenvalue weighted by Crippen LogP contribution is 2.33. The van der Waals surface area contributed by atoms with Gasteiger partial charge in [0, 0.05) is 0 Å². The fourth-order valence-corrected chi connectivity index (χ4v) is 5.43. The second-order valence-corrected chi connectivity index (χ2v) is 11.2. The molecule has 0 aromatic rings. The second kappa shape index (κ2) is 15.6. The van der Waals surface area contributed by atoms with E-state index in [1.165, 1.54) is 0 Å². The molecule has 14 N–H and O–H groups in total. The van der Waals surface area contributed by atoms with Crippen LogP contribution in [0.3, 0.4) is 0 Å². The van der Waals surface area contributed by atoms with E-state index < -0.39 is 149 Å². The Hall–Kier alpha value is -0.840. The molecule has 4 saturated heterocycles. The quantitative estimate of drug-likeness (QED) is 0.103. The van der Waals surface area contributed by atoms with Crippen LogP contribution in [0.4, 0.5) is 0 Å². The molecule has 0 unspecified atom stereocenters. The van der Waals surface area contributed by atoms with Gasteiger partial charge < -0.3 is 105 Å². The molecular formula is C24H42O21. The Morgan fingerprint density at radius 1 is 0.378 bits per heavy atom. The standard InChI is InChI=1S/C24H42O21/c25-1-5-9(28)13(32)15(34)22(41-5)39-4-8-10(29)14(33)16(35)23(43-8)45-20-12(31)7(3-27)42-24(18(20)37)44-19-11(30)6(2-26)40-21(38)17(19)36/h5-38H,1-4H2/t5-,6-,7-,8-,9-,10-,11-,12-,13+,14+,15-,16-,17-,18-,19+,20+,21-,22-,23+,24+/m1/s1. The highest BCUT2D eigenvalue weighted by Gasteiger charge is 2.54. The lowest BCUT2D eigenvalue weighted by Gasteiger charge is -2.48. The van der Waals surface area contributed by atoms with Gasteiger partial charge in [-0.3, -0.25) is 0 Å². The molecule has 4 aliphatic rings. The SMILES string of the molecule is OC[C@H]1O[C@@H](OC[C@H]2O[C@@H](O[C@@H]3[C@@H](O)[C@H](O[C@@H]4[C@@H](O)[C@H](O)O[C@H](CO)[C@H]4O)O[C@H](CO)[C@H]3O)[C@H](O)[C@@H](O)[C@@H]2O)[C@H](O)[C@@H](O)[C@@H]1O. The van der Waals surface area contributed by atoms with Gasteiger partial charge in [-0.05, 0) is 0 Å². The fraction of sp³-hybridized carbons (Fsp3) is 1.00. The fourth-order valence-electron chi connectivity index (χ4n) is 5.43. The zero-order chi connectivity index (χ0) is 33.3. The Morgan fingerprint density at radius 2 is 0.778 bits per heavy atom. The van der Waals surface area contributed by atoms with Crippen molar-refractivity contribution in [2.45, 2.75) is 123 Å². The van der Waals surface area contributed by atoms with Crippen LogP contribution in [-0.2, 0) is 33.2 Å². The molecule has 0 aliphatic carbocycles. The van der Waals surface area contributed by atoms with Gasteiger partial charge in [0.15, 0.2) is 25.2 Å². The Kier molecular flexibility index (Phi) is 12.8. The third-order valence-electron chi connectivity index (χ3n) is 8.19. The molecule has 0 amide bonds. The first kappa shape index (κ1) is 37.0. The summed E-state index contributed by atoms with van der Waals surface area (Å²) >= 11 is 0. The molecule has 264 valence electrons. The van der Waals surface area contributed by atoms with E-state index in [0.29, 0.717) is 0 Å². The van der Waals surface area contributed by atoms with E-state index in [1.807, 2.05) is 0 Å². The molecule has 4 heterocycles. The van der Waals surface area contributed by atoms with Gasteiger partial charge in [-0.15, -0.1) is 0 Å². The van der Waals surface area contributed by atoms with E-state index in [-0.39, 0.29) is 0 Å². The largest absolute Gasteiger partial charge is 0.394 e. The van der Waals surface area contributed by atoms with Crippen LogP contribution >= 0.6 is 0 Å². The minimum absolute atomic E-state index is 0.703. The lowest BCUT2D eigenvalue weighted by molar-refractivity contribution is -0.381. The van der Waals surface area contributed by atoms with Crippen LogP contribution < -0.4 is 0 Å². The van der Waals surface area contributed by atoms with Crippen molar-refractivity contribution in [3.63, 3.8) is 0 Å². The van der Waals surface area contributed by atoms with Gasteiger partial charge in [0.25, 0.3) is 0 Å². The third kappa shape index (κ3) is 7.59. The van der Waals surface area contributed by atoms with E-state index in [9.17, 15) is 71.5 Å². The normalized spacial score (nSPS) is 52.9. The summed E-state index contributed by atoms with van der Waals surface area (Å²) < 4.78 is 37.3. The van der Waals surface area contributed by atoms with E-state index in [4.69, 9.17) is 33.2 Å². The highest BCUT2D eigenvalue weighted by molar-refractivity contribution is 4.97. The van der Waals surface area contributed by atoms with Gasteiger partial charge >= 0.3 is 0 Å². The second-order valence-electron chi connectivity index (χ2n) is 11.2. The molecule has 0 saturated carbocycles. The van der Waals surface area contributed by atoms with Crippen molar-refractivity contribution in [3.8, 4) is 0 Å². The molecule has 20 atom stereocenters. The van der Waals surface area contributed by atoms with Crippen molar-refractivity contribution in [3.05, 3.63) is 0 Å². The molecule has 0 radical (unpaired) electrons. The number of hydrogen-bond acceptors (Lipinski definition) is 21. The molecule has 21 nitrogen and oxygen atoms in total. The zero-order valence-electron chi connectivity index (χ0n) is 23.5. The molecule has 0 bridgehead atoms. The Bertz CT molecular complexity index is 916. The summed E-state index contributed by atoms with van der Waals surface area (Å²) in [5.41, 5.74) is 0. The van der Waals surface area contributed by atoms with Crippen LogP contribution in [0, 0.1) is 0 Å². The van der Waals surface area contributed by atoms with Crippen molar-refractivity contribution in [2.24, 2.45) is 0 Å². The lowest BCUT2D eigenvalue weighted by Crippen LogP contribution is -2.67. The lowest BCUT2D eigenvalue weighted by atomic mass is 9.96. The molecule has 21 heteroatoms. The Balaban J connectivity index is 1.46. The van der Waals surface area contributed by atoms with Gasteiger partial charge in [0.1, 0.15) is 97.7 Å².